The average Bonchev–Trinajstić information content (AvgIpc) is 3.37. The second kappa shape index (κ2) is 6.77. The predicted octanol–water partition coefficient (Wildman–Crippen LogP) is 5.53. The molecule has 2 aromatic heterocycles. The molecular formula is C22H15ClFN3O. The minimum Gasteiger partial charge on any atom is -0.493 e. The number of imidazole rings is 1. The van der Waals surface area contributed by atoms with Crippen molar-refractivity contribution in [3.05, 3.63) is 77.3 Å². The van der Waals surface area contributed by atoms with Gasteiger partial charge in [0.1, 0.15) is 17.4 Å². The lowest BCUT2D eigenvalue weighted by atomic mass is 10.1. The fourth-order valence-electron chi connectivity index (χ4n) is 3.39. The average molecular weight is 392 g/mol. The maximum Gasteiger partial charge on any atom is 0.142 e. The van der Waals surface area contributed by atoms with Gasteiger partial charge in [0, 0.05) is 23.7 Å². The second-order valence-corrected chi connectivity index (χ2v) is 7.00. The minimum absolute atomic E-state index is 0.264. The van der Waals surface area contributed by atoms with Crippen molar-refractivity contribution in [2.75, 3.05) is 6.61 Å². The number of aromatic nitrogens is 3. The number of halogens is 2. The first-order valence-corrected chi connectivity index (χ1v) is 9.29. The van der Waals surface area contributed by atoms with Crippen LogP contribution in [-0.2, 0) is 6.42 Å². The Hall–Kier alpha value is -3.18. The number of benzene rings is 2. The fraction of sp³-hybridized carbons (Fsp3) is 0.0909. The van der Waals surface area contributed by atoms with Gasteiger partial charge in [-0.3, -0.25) is 4.98 Å². The quantitative estimate of drug-likeness (QED) is 0.499. The van der Waals surface area contributed by atoms with Gasteiger partial charge in [0.2, 0.25) is 0 Å². The number of nitrogens with one attached hydrogen (secondary N) is 1. The van der Waals surface area contributed by atoms with Crippen LogP contribution in [0.3, 0.4) is 0 Å². The molecule has 0 radical (unpaired) electrons. The summed E-state index contributed by atoms with van der Waals surface area (Å²) < 4.78 is 19.7. The van der Waals surface area contributed by atoms with Gasteiger partial charge in [0.05, 0.1) is 34.8 Å². The lowest BCUT2D eigenvalue weighted by Gasteiger charge is -2.05. The monoisotopic (exact) mass is 391 g/mol. The van der Waals surface area contributed by atoms with Gasteiger partial charge in [0.25, 0.3) is 0 Å². The first-order valence-electron chi connectivity index (χ1n) is 8.91. The van der Waals surface area contributed by atoms with Crippen LogP contribution in [0.5, 0.6) is 5.75 Å². The highest BCUT2D eigenvalue weighted by molar-refractivity contribution is 6.33. The SMILES string of the molecule is Fc1cccc(Cl)c1-c1ncc(-c2ccc(-c3ccc4c(c3)CCO4)nc2)[nH]1. The third-order valence-electron chi connectivity index (χ3n) is 4.84. The molecule has 4 nitrogen and oxygen atoms in total. The Morgan fingerprint density at radius 3 is 2.71 bits per heavy atom. The highest BCUT2D eigenvalue weighted by Crippen LogP contribution is 2.32. The predicted molar refractivity (Wildman–Crippen MR) is 107 cm³/mol. The van der Waals surface area contributed by atoms with Crippen LogP contribution in [0, 0.1) is 5.82 Å². The molecule has 6 heteroatoms. The topological polar surface area (TPSA) is 50.8 Å². The third kappa shape index (κ3) is 2.94. The van der Waals surface area contributed by atoms with Gasteiger partial charge < -0.3 is 9.72 Å². The Balaban J connectivity index is 1.45. The Morgan fingerprint density at radius 1 is 1.00 bits per heavy atom. The molecule has 0 spiro atoms. The lowest BCUT2D eigenvalue weighted by molar-refractivity contribution is 0.357. The van der Waals surface area contributed by atoms with Crippen LogP contribution in [0.15, 0.2) is 60.9 Å². The summed E-state index contributed by atoms with van der Waals surface area (Å²) in [6, 6.07) is 14.6. The van der Waals surface area contributed by atoms with E-state index in [2.05, 4.69) is 21.0 Å². The molecule has 1 aliphatic heterocycles. The second-order valence-electron chi connectivity index (χ2n) is 6.60. The molecule has 138 valence electrons. The van der Waals surface area contributed by atoms with Crippen LogP contribution in [-0.4, -0.2) is 21.6 Å². The first kappa shape index (κ1) is 17.0. The minimum atomic E-state index is -0.414. The van der Waals surface area contributed by atoms with E-state index < -0.39 is 5.82 Å². The highest BCUT2D eigenvalue weighted by atomic mass is 35.5. The lowest BCUT2D eigenvalue weighted by Crippen LogP contribution is -1.89. The zero-order valence-corrected chi connectivity index (χ0v) is 15.5. The molecule has 0 bridgehead atoms. The fourth-order valence-corrected chi connectivity index (χ4v) is 3.64. The Morgan fingerprint density at radius 2 is 1.89 bits per heavy atom. The maximum atomic E-state index is 14.1. The number of ether oxygens (including phenoxy) is 1. The summed E-state index contributed by atoms with van der Waals surface area (Å²) in [6.45, 7) is 0.735. The molecule has 3 heterocycles. The van der Waals surface area contributed by atoms with Crippen molar-refractivity contribution in [1.82, 2.24) is 15.0 Å². The van der Waals surface area contributed by atoms with Gasteiger partial charge in [-0.05, 0) is 48.0 Å². The zero-order valence-electron chi connectivity index (χ0n) is 14.7. The Bertz CT molecular complexity index is 1150. The largest absolute Gasteiger partial charge is 0.493 e. The molecule has 0 atom stereocenters. The zero-order chi connectivity index (χ0) is 19.1. The number of H-pyrrole nitrogens is 1. The third-order valence-corrected chi connectivity index (χ3v) is 5.15. The molecule has 28 heavy (non-hydrogen) atoms. The molecule has 0 fully saturated rings. The summed E-state index contributed by atoms with van der Waals surface area (Å²) >= 11 is 6.13. The number of hydrogen-bond donors (Lipinski definition) is 1. The van der Waals surface area contributed by atoms with Crippen LogP contribution >= 0.6 is 11.6 Å². The van der Waals surface area contributed by atoms with E-state index in [-0.39, 0.29) is 5.56 Å². The molecule has 1 N–H and O–H groups in total. The molecule has 2 aromatic carbocycles. The number of pyridine rings is 1. The van der Waals surface area contributed by atoms with E-state index in [4.69, 9.17) is 16.3 Å². The van der Waals surface area contributed by atoms with Crippen LogP contribution in [0.1, 0.15) is 5.56 Å². The molecule has 0 aliphatic carbocycles. The molecule has 0 unspecified atom stereocenters. The number of rotatable bonds is 3. The van der Waals surface area contributed by atoms with Gasteiger partial charge in [-0.25, -0.2) is 9.37 Å². The number of fused-ring (bicyclic) bond motifs is 1. The normalized spacial score (nSPS) is 12.6. The van der Waals surface area contributed by atoms with Gasteiger partial charge >= 0.3 is 0 Å². The first-order chi connectivity index (χ1) is 13.7. The van der Waals surface area contributed by atoms with E-state index in [1.165, 1.54) is 11.6 Å². The molecule has 0 saturated heterocycles. The van der Waals surface area contributed by atoms with Crippen molar-refractivity contribution >= 4 is 11.6 Å². The standard InChI is InChI=1S/C22H15ClFN3O/c23-16-2-1-3-17(24)21(16)22-26-12-19(27-22)15-4-6-18(25-11-15)13-5-7-20-14(10-13)8-9-28-20/h1-7,10-12H,8-9H2,(H,26,27). The maximum absolute atomic E-state index is 14.1. The molecular weight excluding hydrogens is 377 g/mol. The number of aromatic amines is 1. The molecule has 0 saturated carbocycles. The van der Waals surface area contributed by atoms with Crippen LogP contribution in [0.4, 0.5) is 4.39 Å². The summed E-state index contributed by atoms with van der Waals surface area (Å²) in [6.07, 6.45) is 4.36. The molecule has 0 amide bonds. The van der Waals surface area contributed by atoms with E-state index in [1.807, 2.05) is 24.3 Å². The van der Waals surface area contributed by atoms with Crippen molar-refractivity contribution < 1.29 is 9.13 Å². The van der Waals surface area contributed by atoms with Crippen LogP contribution < -0.4 is 4.74 Å². The summed E-state index contributed by atoms with van der Waals surface area (Å²) in [5.74, 6) is 0.931. The summed E-state index contributed by atoms with van der Waals surface area (Å²) in [4.78, 5) is 12.0. The van der Waals surface area contributed by atoms with Crippen LogP contribution in [0.25, 0.3) is 33.9 Å². The summed E-state index contributed by atoms with van der Waals surface area (Å²) in [5, 5.41) is 0.315. The Labute approximate surface area is 166 Å². The van der Waals surface area contributed by atoms with Crippen molar-refractivity contribution in [1.29, 1.82) is 0 Å². The van der Waals surface area contributed by atoms with Crippen molar-refractivity contribution in [3.63, 3.8) is 0 Å². The summed E-state index contributed by atoms with van der Waals surface area (Å²) in [7, 11) is 0. The van der Waals surface area contributed by atoms with Gasteiger partial charge in [-0.1, -0.05) is 17.7 Å². The number of nitrogens with zero attached hydrogens (tertiary/aromatic N) is 2. The number of hydrogen-bond acceptors (Lipinski definition) is 3. The van der Waals surface area contributed by atoms with Crippen LogP contribution in [0.2, 0.25) is 5.02 Å². The van der Waals surface area contributed by atoms with E-state index in [0.29, 0.717) is 10.8 Å². The molecule has 1 aliphatic rings. The molecule has 5 rings (SSSR count). The van der Waals surface area contributed by atoms with E-state index >= 15 is 0 Å². The van der Waals surface area contributed by atoms with Gasteiger partial charge in [-0.2, -0.15) is 0 Å². The molecule has 4 aromatic rings. The van der Waals surface area contributed by atoms with E-state index in [1.54, 1.807) is 24.5 Å². The van der Waals surface area contributed by atoms with Crippen molar-refractivity contribution in [3.8, 4) is 39.7 Å². The summed E-state index contributed by atoms with van der Waals surface area (Å²) in [5.41, 5.74) is 5.02. The Kier molecular flexibility index (Phi) is 4.10. The van der Waals surface area contributed by atoms with Gasteiger partial charge in [-0.15, -0.1) is 0 Å². The van der Waals surface area contributed by atoms with Crippen molar-refractivity contribution in [2.24, 2.45) is 0 Å². The smallest absolute Gasteiger partial charge is 0.142 e. The van der Waals surface area contributed by atoms with E-state index in [9.17, 15) is 4.39 Å². The van der Waals surface area contributed by atoms with Crippen molar-refractivity contribution in [2.45, 2.75) is 6.42 Å². The van der Waals surface area contributed by atoms with E-state index in [0.717, 1.165) is 41.3 Å². The highest BCUT2D eigenvalue weighted by Gasteiger charge is 2.15. The van der Waals surface area contributed by atoms with Gasteiger partial charge in [0.15, 0.2) is 0 Å².